The SMILES string of the molecule is CC[C@H](Oc1ccc(C)cc1C)C(=O)Nc1ccc(OC2CCN(C)CC2)cc1. The molecule has 0 radical (unpaired) electrons. The van der Waals surface area contributed by atoms with Gasteiger partial charge in [-0.2, -0.15) is 0 Å². The van der Waals surface area contributed by atoms with Gasteiger partial charge in [-0.15, -0.1) is 0 Å². The van der Waals surface area contributed by atoms with Crippen molar-refractivity contribution in [2.75, 3.05) is 25.5 Å². The molecule has 0 unspecified atom stereocenters. The minimum absolute atomic E-state index is 0.142. The lowest BCUT2D eigenvalue weighted by atomic mass is 10.1. The second-order valence-corrected chi connectivity index (χ2v) is 7.92. The van der Waals surface area contributed by atoms with Crippen molar-refractivity contribution in [3.63, 3.8) is 0 Å². The summed E-state index contributed by atoms with van der Waals surface area (Å²) < 4.78 is 12.0. The number of hydrogen-bond acceptors (Lipinski definition) is 4. The fraction of sp³-hybridized carbons (Fsp3) is 0.458. The standard InChI is InChI=1S/C24H32N2O3/c1-5-22(29-23-11-6-17(2)16-18(23)3)24(27)25-19-7-9-20(10-8-19)28-21-12-14-26(4)15-13-21/h6-11,16,21-22H,5,12-15H2,1-4H3,(H,25,27)/t22-/m0/s1. The Kier molecular flexibility index (Phi) is 7.15. The van der Waals surface area contributed by atoms with Crippen LogP contribution in [0.1, 0.15) is 37.3 Å². The molecule has 5 nitrogen and oxygen atoms in total. The number of aryl methyl sites for hydroxylation is 2. The lowest BCUT2D eigenvalue weighted by Crippen LogP contribution is -2.35. The Morgan fingerprint density at radius 2 is 1.83 bits per heavy atom. The second-order valence-electron chi connectivity index (χ2n) is 7.92. The van der Waals surface area contributed by atoms with E-state index >= 15 is 0 Å². The zero-order valence-corrected chi connectivity index (χ0v) is 17.9. The summed E-state index contributed by atoms with van der Waals surface area (Å²) in [6.45, 7) is 8.12. The third-order valence-electron chi connectivity index (χ3n) is 5.35. The fourth-order valence-electron chi connectivity index (χ4n) is 3.54. The number of likely N-dealkylation sites (tertiary alicyclic amines) is 1. The topological polar surface area (TPSA) is 50.8 Å². The van der Waals surface area contributed by atoms with E-state index in [1.165, 1.54) is 5.56 Å². The van der Waals surface area contributed by atoms with Crippen LogP contribution < -0.4 is 14.8 Å². The number of hydrogen-bond donors (Lipinski definition) is 1. The van der Waals surface area contributed by atoms with Crippen molar-refractivity contribution in [2.24, 2.45) is 0 Å². The molecular formula is C24H32N2O3. The van der Waals surface area contributed by atoms with Gasteiger partial charge in [-0.3, -0.25) is 4.79 Å². The smallest absolute Gasteiger partial charge is 0.265 e. The molecule has 5 heteroatoms. The van der Waals surface area contributed by atoms with Crippen LogP contribution in [0.15, 0.2) is 42.5 Å². The Labute approximate surface area is 174 Å². The molecule has 2 aromatic rings. The Hall–Kier alpha value is -2.53. The van der Waals surface area contributed by atoms with Crippen molar-refractivity contribution in [2.45, 2.75) is 52.2 Å². The van der Waals surface area contributed by atoms with E-state index in [-0.39, 0.29) is 12.0 Å². The van der Waals surface area contributed by atoms with Crippen LogP contribution in [0.2, 0.25) is 0 Å². The van der Waals surface area contributed by atoms with Crippen LogP contribution in [0.3, 0.4) is 0 Å². The average Bonchev–Trinajstić information content (AvgIpc) is 2.70. The minimum Gasteiger partial charge on any atom is -0.490 e. The summed E-state index contributed by atoms with van der Waals surface area (Å²) in [7, 11) is 2.14. The largest absolute Gasteiger partial charge is 0.490 e. The Morgan fingerprint density at radius 1 is 1.14 bits per heavy atom. The van der Waals surface area contributed by atoms with Gasteiger partial charge in [0.1, 0.15) is 17.6 Å². The van der Waals surface area contributed by atoms with Crippen LogP contribution >= 0.6 is 0 Å². The predicted molar refractivity (Wildman–Crippen MR) is 117 cm³/mol. The molecule has 1 amide bonds. The lowest BCUT2D eigenvalue weighted by Gasteiger charge is -2.29. The number of benzene rings is 2. The van der Waals surface area contributed by atoms with Crippen molar-refractivity contribution >= 4 is 11.6 Å². The van der Waals surface area contributed by atoms with Gasteiger partial charge in [-0.05, 0) is 76.1 Å². The Balaban J connectivity index is 1.56. The van der Waals surface area contributed by atoms with Crippen LogP contribution in [-0.4, -0.2) is 43.2 Å². The number of carbonyl (C=O) groups is 1. The Bertz CT molecular complexity index is 811. The van der Waals surface area contributed by atoms with Crippen molar-refractivity contribution in [1.29, 1.82) is 0 Å². The van der Waals surface area contributed by atoms with Crippen molar-refractivity contribution in [1.82, 2.24) is 4.90 Å². The number of piperidine rings is 1. The highest BCUT2D eigenvalue weighted by Gasteiger charge is 2.20. The first kappa shape index (κ1) is 21.2. The van der Waals surface area contributed by atoms with Gasteiger partial charge in [0.05, 0.1) is 0 Å². The van der Waals surface area contributed by atoms with Gasteiger partial charge in [-0.25, -0.2) is 0 Å². The number of nitrogens with one attached hydrogen (secondary N) is 1. The highest BCUT2D eigenvalue weighted by Crippen LogP contribution is 2.23. The fourth-order valence-corrected chi connectivity index (χ4v) is 3.54. The summed E-state index contributed by atoms with van der Waals surface area (Å²) in [5, 5.41) is 2.95. The number of ether oxygens (including phenoxy) is 2. The van der Waals surface area contributed by atoms with E-state index < -0.39 is 6.10 Å². The van der Waals surface area contributed by atoms with Crippen LogP contribution in [-0.2, 0) is 4.79 Å². The number of rotatable bonds is 7. The van der Waals surface area contributed by atoms with Crippen LogP contribution in [0, 0.1) is 13.8 Å². The molecule has 29 heavy (non-hydrogen) atoms. The lowest BCUT2D eigenvalue weighted by molar-refractivity contribution is -0.122. The number of anilines is 1. The van der Waals surface area contributed by atoms with E-state index in [4.69, 9.17) is 9.47 Å². The molecule has 1 aliphatic rings. The monoisotopic (exact) mass is 396 g/mol. The Morgan fingerprint density at radius 3 is 2.45 bits per heavy atom. The van der Waals surface area contributed by atoms with E-state index in [0.29, 0.717) is 6.42 Å². The van der Waals surface area contributed by atoms with E-state index in [9.17, 15) is 4.79 Å². The molecule has 1 N–H and O–H groups in total. The zero-order chi connectivity index (χ0) is 20.8. The summed E-state index contributed by atoms with van der Waals surface area (Å²) in [5.41, 5.74) is 2.95. The normalized spacial score (nSPS) is 16.3. The number of nitrogens with zero attached hydrogens (tertiary/aromatic N) is 1. The summed E-state index contributed by atoms with van der Waals surface area (Å²) in [5.74, 6) is 1.45. The third-order valence-corrected chi connectivity index (χ3v) is 5.35. The van der Waals surface area contributed by atoms with Crippen LogP contribution in [0.5, 0.6) is 11.5 Å². The van der Waals surface area contributed by atoms with Gasteiger partial charge in [0, 0.05) is 18.8 Å². The highest BCUT2D eigenvalue weighted by molar-refractivity contribution is 5.94. The van der Waals surface area contributed by atoms with E-state index in [1.54, 1.807) is 0 Å². The van der Waals surface area contributed by atoms with Gasteiger partial charge in [-0.1, -0.05) is 24.6 Å². The molecule has 0 bridgehead atoms. The quantitative estimate of drug-likeness (QED) is 0.745. The predicted octanol–water partition coefficient (Wildman–Crippen LogP) is 4.57. The molecule has 1 fully saturated rings. The maximum atomic E-state index is 12.7. The number of carbonyl (C=O) groups excluding carboxylic acids is 1. The molecule has 2 aromatic carbocycles. The average molecular weight is 397 g/mol. The maximum absolute atomic E-state index is 12.7. The summed E-state index contributed by atoms with van der Waals surface area (Å²) in [6, 6.07) is 13.6. The first-order valence-corrected chi connectivity index (χ1v) is 10.4. The van der Waals surface area contributed by atoms with Crippen molar-refractivity contribution in [3.05, 3.63) is 53.6 Å². The molecule has 0 spiro atoms. The van der Waals surface area contributed by atoms with Crippen LogP contribution in [0.25, 0.3) is 0 Å². The highest BCUT2D eigenvalue weighted by atomic mass is 16.5. The molecule has 1 heterocycles. The van der Waals surface area contributed by atoms with Gasteiger partial charge < -0.3 is 19.7 Å². The first-order chi connectivity index (χ1) is 13.9. The van der Waals surface area contributed by atoms with Crippen molar-refractivity contribution < 1.29 is 14.3 Å². The summed E-state index contributed by atoms with van der Waals surface area (Å²) in [4.78, 5) is 15.0. The molecule has 1 atom stereocenters. The zero-order valence-electron chi connectivity index (χ0n) is 17.9. The maximum Gasteiger partial charge on any atom is 0.265 e. The molecule has 1 aliphatic heterocycles. The molecular weight excluding hydrogens is 364 g/mol. The summed E-state index contributed by atoms with van der Waals surface area (Å²) >= 11 is 0. The molecule has 0 aromatic heterocycles. The summed E-state index contributed by atoms with van der Waals surface area (Å²) in [6.07, 6.45) is 2.41. The van der Waals surface area contributed by atoms with Gasteiger partial charge in [0.2, 0.25) is 0 Å². The van der Waals surface area contributed by atoms with E-state index in [0.717, 1.165) is 48.7 Å². The first-order valence-electron chi connectivity index (χ1n) is 10.4. The third kappa shape index (κ3) is 5.97. The van der Waals surface area contributed by atoms with Gasteiger partial charge >= 0.3 is 0 Å². The number of amides is 1. The van der Waals surface area contributed by atoms with Gasteiger partial charge in [0.25, 0.3) is 5.91 Å². The van der Waals surface area contributed by atoms with E-state index in [2.05, 4.69) is 23.3 Å². The molecule has 3 rings (SSSR count). The van der Waals surface area contributed by atoms with Gasteiger partial charge in [0.15, 0.2) is 6.10 Å². The van der Waals surface area contributed by atoms with Crippen LogP contribution in [0.4, 0.5) is 5.69 Å². The molecule has 0 saturated carbocycles. The minimum atomic E-state index is -0.536. The van der Waals surface area contributed by atoms with E-state index in [1.807, 2.05) is 57.2 Å². The molecule has 0 aliphatic carbocycles. The second kappa shape index (κ2) is 9.79. The molecule has 156 valence electrons. The molecule has 1 saturated heterocycles. The van der Waals surface area contributed by atoms with Crippen molar-refractivity contribution in [3.8, 4) is 11.5 Å².